The molecule has 3 heterocycles. The molecule has 1 aliphatic rings. The Balaban J connectivity index is 1.50. The van der Waals surface area contributed by atoms with E-state index in [0.717, 1.165) is 73.0 Å². The second-order valence-electron chi connectivity index (χ2n) is 11.7. The normalized spacial score (nSPS) is 19.4. The molecule has 0 amide bonds. The van der Waals surface area contributed by atoms with Gasteiger partial charge in [-0.3, -0.25) is 18.9 Å². The SMILES string of the molecule is CCCCc1cn(C2C(C(C)=O)CCCCC2C(C)C)c(=O)n1Cc1ccc(-c2ccccc2-c2nnn[nH]2)nc1. The highest BCUT2D eigenvalue weighted by Gasteiger charge is 2.38. The number of carbonyl (C=O) groups excluding carboxylic acids is 1. The fourth-order valence-electron chi connectivity index (χ4n) is 6.49. The fourth-order valence-corrected chi connectivity index (χ4v) is 6.49. The van der Waals surface area contributed by atoms with E-state index in [1.807, 2.05) is 51.7 Å². The van der Waals surface area contributed by atoms with Gasteiger partial charge in [-0.1, -0.05) is 70.4 Å². The Morgan fingerprint density at radius 1 is 1.10 bits per heavy atom. The molecule has 5 rings (SSSR count). The first-order chi connectivity index (χ1) is 19.9. The van der Waals surface area contributed by atoms with Gasteiger partial charge in [0.15, 0.2) is 5.82 Å². The van der Waals surface area contributed by atoms with Crippen LogP contribution in [0.4, 0.5) is 0 Å². The number of hydrogen-bond acceptors (Lipinski definition) is 6. The molecule has 4 aromatic rings. The number of H-pyrrole nitrogens is 1. The number of carbonyl (C=O) groups is 1. The van der Waals surface area contributed by atoms with Crippen LogP contribution >= 0.6 is 0 Å². The lowest BCUT2D eigenvalue weighted by Gasteiger charge is -2.33. The van der Waals surface area contributed by atoms with Crippen molar-refractivity contribution in [1.82, 2.24) is 34.7 Å². The van der Waals surface area contributed by atoms with Crippen LogP contribution in [0.15, 0.2) is 53.6 Å². The summed E-state index contributed by atoms with van der Waals surface area (Å²) in [6.07, 6.45) is 10.8. The summed E-state index contributed by atoms with van der Waals surface area (Å²) in [5.41, 5.74) is 4.56. The first-order valence-corrected chi connectivity index (χ1v) is 15.0. The number of aromatic amines is 1. The molecule has 0 saturated heterocycles. The maximum absolute atomic E-state index is 14.1. The molecule has 0 aliphatic heterocycles. The quantitative estimate of drug-likeness (QED) is 0.245. The predicted octanol–water partition coefficient (Wildman–Crippen LogP) is 5.88. The third-order valence-corrected chi connectivity index (χ3v) is 8.70. The number of pyridine rings is 1. The van der Waals surface area contributed by atoms with E-state index in [-0.39, 0.29) is 23.4 Å². The van der Waals surface area contributed by atoms with E-state index in [1.165, 1.54) is 0 Å². The molecular weight excluding hydrogens is 514 g/mol. The Labute approximate surface area is 241 Å². The van der Waals surface area contributed by atoms with Gasteiger partial charge in [0.2, 0.25) is 0 Å². The fraction of sp³-hybridized carbons (Fsp3) is 0.500. The van der Waals surface area contributed by atoms with Gasteiger partial charge in [-0.05, 0) is 66.5 Å². The number of tetrazole rings is 1. The summed E-state index contributed by atoms with van der Waals surface area (Å²) in [5, 5.41) is 14.3. The van der Waals surface area contributed by atoms with Crippen LogP contribution in [0.3, 0.4) is 0 Å². The van der Waals surface area contributed by atoms with Crippen LogP contribution in [0.25, 0.3) is 22.6 Å². The van der Waals surface area contributed by atoms with Crippen LogP contribution in [0.1, 0.15) is 83.5 Å². The molecule has 3 aromatic heterocycles. The van der Waals surface area contributed by atoms with E-state index in [0.29, 0.717) is 24.2 Å². The molecule has 3 unspecified atom stereocenters. The number of unbranched alkanes of at least 4 members (excludes halogenated alkanes) is 1. The molecule has 9 nitrogen and oxygen atoms in total. The van der Waals surface area contributed by atoms with Crippen LogP contribution in [0.2, 0.25) is 0 Å². The van der Waals surface area contributed by atoms with Crippen molar-refractivity contribution in [3.8, 4) is 22.6 Å². The number of ketones is 1. The van der Waals surface area contributed by atoms with Crippen LogP contribution in [0, 0.1) is 17.8 Å². The number of aromatic nitrogens is 7. The number of aryl methyl sites for hydroxylation is 1. The van der Waals surface area contributed by atoms with Crippen LogP contribution < -0.4 is 5.69 Å². The molecule has 41 heavy (non-hydrogen) atoms. The van der Waals surface area contributed by atoms with Crippen molar-refractivity contribution < 1.29 is 4.79 Å². The molecule has 1 fully saturated rings. The number of nitrogens with one attached hydrogen (secondary N) is 1. The molecule has 216 valence electrons. The molecule has 1 saturated carbocycles. The first-order valence-electron chi connectivity index (χ1n) is 15.0. The van der Waals surface area contributed by atoms with Gasteiger partial charge in [0.25, 0.3) is 0 Å². The van der Waals surface area contributed by atoms with Crippen molar-refractivity contribution in [1.29, 1.82) is 0 Å². The van der Waals surface area contributed by atoms with E-state index in [4.69, 9.17) is 4.98 Å². The lowest BCUT2D eigenvalue weighted by atomic mass is 9.78. The minimum atomic E-state index is -0.127. The highest BCUT2D eigenvalue weighted by molar-refractivity contribution is 5.79. The van der Waals surface area contributed by atoms with E-state index in [2.05, 4.69) is 47.6 Å². The third kappa shape index (κ3) is 6.09. The molecule has 1 N–H and O–H groups in total. The molecule has 1 aromatic carbocycles. The van der Waals surface area contributed by atoms with Crippen molar-refractivity contribution in [3.63, 3.8) is 0 Å². The highest BCUT2D eigenvalue weighted by atomic mass is 16.2. The summed E-state index contributed by atoms with van der Waals surface area (Å²) in [6, 6.07) is 11.8. The summed E-state index contributed by atoms with van der Waals surface area (Å²) >= 11 is 0. The summed E-state index contributed by atoms with van der Waals surface area (Å²) in [7, 11) is 0. The van der Waals surface area contributed by atoms with Gasteiger partial charge < -0.3 is 0 Å². The molecule has 9 heteroatoms. The molecule has 1 aliphatic carbocycles. The van der Waals surface area contributed by atoms with Gasteiger partial charge in [-0.2, -0.15) is 0 Å². The smallest absolute Gasteiger partial charge is 0.300 e. The number of nitrogens with zero attached hydrogens (tertiary/aromatic N) is 6. The van der Waals surface area contributed by atoms with Crippen molar-refractivity contribution in [2.45, 2.75) is 85.2 Å². The second kappa shape index (κ2) is 12.7. The highest BCUT2D eigenvalue weighted by Crippen LogP contribution is 2.41. The number of rotatable bonds is 10. The van der Waals surface area contributed by atoms with E-state index in [1.54, 1.807) is 6.92 Å². The molecular formula is C32H41N7O2. The number of Topliss-reactive ketones (excluding diaryl/α,β-unsaturated/α-hetero) is 1. The van der Waals surface area contributed by atoms with Gasteiger partial charge >= 0.3 is 5.69 Å². The standard InChI is InChI=1S/C32H41N7O2/c1-5-6-11-24-20-39(30-25(21(2)3)12-7-8-13-26(30)22(4)40)32(41)38(24)19-23-16-17-29(33-18-23)27-14-9-10-15-28(27)31-34-36-37-35-31/h9-10,14-18,20-21,25-26,30H,5-8,11-13,19H2,1-4H3,(H,34,35,36,37). The van der Waals surface area contributed by atoms with E-state index < -0.39 is 0 Å². The van der Waals surface area contributed by atoms with Gasteiger partial charge in [0.1, 0.15) is 5.78 Å². The first kappa shape index (κ1) is 28.6. The average Bonchev–Trinajstić information content (AvgIpc) is 3.54. The lowest BCUT2D eigenvalue weighted by molar-refractivity contribution is -0.123. The average molecular weight is 556 g/mol. The number of benzene rings is 1. The third-order valence-electron chi connectivity index (χ3n) is 8.70. The number of imidazole rings is 1. The van der Waals surface area contributed by atoms with Crippen LogP contribution in [-0.4, -0.2) is 40.5 Å². The Kier molecular flexibility index (Phi) is 8.90. The topological polar surface area (TPSA) is 111 Å². The Bertz CT molecular complexity index is 1500. The van der Waals surface area contributed by atoms with Crippen LogP contribution in [-0.2, 0) is 17.8 Å². The maximum Gasteiger partial charge on any atom is 0.328 e. The van der Waals surface area contributed by atoms with Crippen molar-refractivity contribution in [2.24, 2.45) is 17.8 Å². The van der Waals surface area contributed by atoms with Crippen molar-refractivity contribution >= 4 is 5.78 Å². The minimum absolute atomic E-state index is 0.0212. The maximum atomic E-state index is 14.1. The Morgan fingerprint density at radius 3 is 2.54 bits per heavy atom. The number of hydrogen-bond donors (Lipinski definition) is 1. The summed E-state index contributed by atoms with van der Waals surface area (Å²) in [6.45, 7) is 8.76. The monoisotopic (exact) mass is 555 g/mol. The lowest BCUT2D eigenvalue weighted by Crippen LogP contribution is -2.38. The Morgan fingerprint density at radius 2 is 1.88 bits per heavy atom. The zero-order valence-corrected chi connectivity index (χ0v) is 24.6. The molecule has 0 spiro atoms. The Hall–Kier alpha value is -3.88. The van der Waals surface area contributed by atoms with Gasteiger partial charge in [0, 0.05) is 35.1 Å². The summed E-state index contributed by atoms with van der Waals surface area (Å²) < 4.78 is 3.83. The molecule has 0 bridgehead atoms. The zero-order chi connectivity index (χ0) is 28.9. The van der Waals surface area contributed by atoms with E-state index >= 15 is 0 Å². The van der Waals surface area contributed by atoms with Crippen molar-refractivity contribution in [2.75, 3.05) is 0 Å². The second-order valence-corrected chi connectivity index (χ2v) is 11.7. The minimum Gasteiger partial charge on any atom is -0.300 e. The predicted molar refractivity (Wildman–Crippen MR) is 159 cm³/mol. The van der Waals surface area contributed by atoms with Gasteiger partial charge in [0.05, 0.1) is 18.3 Å². The van der Waals surface area contributed by atoms with Crippen molar-refractivity contribution in [3.05, 3.63) is 70.5 Å². The van der Waals surface area contributed by atoms with Gasteiger partial charge in [-0.25, -0.2) is 9.89 Å². The zero-order valence-electron chi connectivity index (χ0n) is 24.6. The van der Waals surface area contributed by atoms with Crippen LogP contribution in [0.5, 0.6) is 0 Å². The van der Waals surface area contributed by atoms with Gasteiger partial charge in [-0.15, -0.1) is 5.10 Å². The summed E-state index contributed by atoms with van der Waals surface area (Å²) in [4.78, 5) is 31.8. The molecule has 3 atom stereocenters. The largest absolute Gasteiger partial charge is 0.328 e. The molecule has 0 radical (unpaired) electrons. The summed E-state index contributed by atoms with van der Waals surface area (Å²) in [5.74, 6) is 1.33. The van der Waals surface area contributed by atoms with E-state index in [9.17, 15) is 9.59 Å².